The molecule has 8 heteroatoms. The van der Waals surface area contributed by atoms with Gasteiger partial charge in [-0.15, -0.1) is 0 Å². The summed E-state index contributed by atoms with van der Waals surface area (Å²) in [5.41, 5.74) is 8.03. The fourth-order valence-corrected chi connectivity index (χ4v) is 5.66. The van der Waals surface area contributed by atoms with Gasteiger partial charge in [0.15, 0.2) is 0 Å². The van der Waals surface area contributed by atoms with Crippen molar-refractivity contribution in [2.75, 3.05) is 19.6 Å². The van der Waals surface area contributed by atoms with Gasteiger partial charge >= 0.3 is 0 Å². The smallest absolute Gasteiger partial charge is 0.262 e. The summed E-state index contributed by atoms with van der Waals surface area (Å²) >= 11 is 0. The largest absolute Gasteiger partial charge is 0.330 e. The Balaban J connectivity index is 1.34. The molecule has 3 heterocycles. The van der Waals surface area contributed by atoms with Gasteiger partial charge in [-0.1, -0.05) is 12.5 Å². The standard InChI is InChI=1S/C22H26N4O4/c23-9-14-11-25(12-22(14)6-1-7-22)10-13-2-3-15-16(8-13)21(30)26(20(15)29)17-4-5-18(27)24-19(17)28/h2-3,8,14,17H,1,4-7,9-12,23H2,(H,24,27,28). The Kier molecular flexibility index (Phi) is 4.52. The van der Waals surface area contributed by atoms with Gasteiger partial charge in [0.25, 0.3) is 11.8 Å². The number of nitrogens with two attached hydrogens (primary N) is 1. The minimum atomic E-state index is -0.930. The zero-order chi connectivity index (χ0) is 21.0. The van der Waals surface area contributed by atoms with E-state index in [1.54, 1.807) is 12.1 Å². The quantitative estimate of drug-likeness (QED) is 0.705. The van der Waals surface area contributed by atoms with E-state index in [0.29, 0.717) is 35.5 Å². The summed E-state index contributed by atoms with van der Waals surface area (Å²) in [5, 5.41) is 2.22. The van der Waals surface area contributed by atoms with E-state index in [9.17, 15) is 19.2 Å². The predicted octanol–water partition coefficient (Wildman–Crippen LogP) is 0.649. The highest BCUT2D eigenvalue weighted by atomic mass is 16.2. The Morgan fingerprint density at radius 3 is 2.50 bits per heavy atom. The Labute approximate surface area is 174 Å². The van der Waals surface area contributed by atoms with E-state index in [2.05, 4.69) is 10.2 Å². The minimum Gasteiger partial charge on any atom is -0.330 e. The van der Waals surface area contributed by atoms with Crippen LogP contribution in [0.5, 0.6) is 0 Å². The molecular formula is C22H26N4O4. The van der Waals surface area contributed by atoms with Gasteiger partial charge in [-0.05, 0) is 54.8 Å². The van der Waals surface area contributed by atoms with E-state index in [1.165, 1.54) is 19.3 Å². The lowest BCUT2D eigenvalue weighted by atomic mass is 9.63. The molecule has 2 atom stereocenters. The van der Waals surface area contributed by atoms with E-state index in [1.807, 2.05) is 6.07 Å². The molecule has 4 amide bonds. The lowest BCUT2D eigenvalue weighted by Crippen LogP contribution is -2.54. The molecular weight excluding hydrogens is 384 g/mol. The number of nitrogens with one attached hydrogen (secondary N) is 1. The summed E-state index contributed by atoms with van der Waals surface area (Å²) in [6.45, 7) is 3.41. The fourth-order valence-electron chi connectivity index (χ4n) is 5.66. The second-order valence-corrected chi connectivity index (χ2v) is 9.15. The number of benzene rings is 1. The molecule has 3 N–H and O–H groups in total. The summed E-state index contributed by atoms with van der Waals surface area (Å²) in [6.07, 6.45) is 4.04. The van der Waals surface area contributed by atoms with Crippen molar-refractivity contribution in [1.29, 1.82) is 0 Å². The molecule has 2 unspecified atom stereocenters. The van der Waals surface area contributed by atoms with Crippen LogP contribution in [0.4, 0.5) is 0 Å². The van der Waals surface area contributed by atoms with E-state index in [-0.39, 0.29) is 18.7 Å². The van der Waals surface area contributed by atoms with Gasteiger partial charge in [-0.25, -0.2) is 0 Å². The molecule has 3 aliphatic heterocycles. The third-order valence-corrected chi connectivity index (χ3v) is 7.43. The number of rotatable bonds is 4. The molecule has 4 aliphatic rings. The molecule has 1 aromatic carbocycles. The molecule has 30 heavy (non-hydrogen) atoms. The molecule has 8 nitrogen and oxygen atoms in total. The van der Waals surface area contributed by atoms with Gasteiger partial charge in [0.1, 0.15) is 6.04 Å². The van der Waals surface area contributed by atoms with Gasteiger partial charge in [0.05, 0.1) is 11.1 Å². The fraction of sp³-hybridized carbons (Fsp3) is 0.545. The number of piperidine rings is 1. The van der Waals surface area contributed by atoms with Crippen LogP contribution in [0.15, 0.2) is 18.2 Å². The van der Waals surface area contributed by atoms with E-state index < -0.39 is 23.8 Å². The number of amides is 4. The summed E-state index contributed by atoms with van der Waals surface area (Å²) in [4.78, 5) is 52.8. The molecule has 1 aromatic rings. The van der Waals surface area contributed by atoms with Crippen molar-refractivity contribution in [3.05, 3.63) is 34.9 Å². The Hall–Kier alpha value is -2.58. The van der Waals surface area contributed by atoms with Crippen LogP contribution in [0.25, 0.3) is 0 Å². The molecule has 158 valence electrons. The molecule has 0 bridgehead atoms. The third-order valence-electron chi connectivity index (χ3n) is 7.43. The molecule has 0 radical (unpaired) electrons. The van der Waals surface area contributed by atoms with Crippen molar-refractivity contribution in [1.82, 2.24) is 15.1 Å². The highest BCUT2D eigenvalue weighted by molar-refractivity contribution is 6.23. The highest BCUT2D eigenvalue weighted by Gasteiger charge is 2.49. The van der Waals surface area contributed by atoms with Crippen molar-refractivity contribution < 1.29 is 19.2 Å². The van der Waals surface area contributed by atoms with E-state index >= 15 is 0 Å². The van der Waals surface area contributed by atoms with Crippen LogP contribution < -0.4 is 11.1 Å². The first kappa shape index (κ1) is 19.4. The maximum Gasteiger partial charge on any atom is 0.262 e. The van der Waals surface area contributed by atoms with Gasteiger partial charge in [0, 0.05) is 26.1 Å². The van der Waals surface area contributed by atoms with Crippen molar-refractivity contribution in [2.24, 2.45) is 17.1 Å². The number of carbonyl (C=O) groups is 4. The van der Waals surface area contributed by atoms with Crippen LogP contribution in [0.2, 0.25) is 0 Å². The monoisotopic (exact) mass is 410 g/mol. The molecule has 3 fully saturated rings. The first-order chi connectivity index (χ1) is 14.4. The van der Waals surface area contributed by atoms with Gasteiger partial charge in [-0.2, -0.15) is 0 Å². The first-order valence-corrected chi connectivity index (χ1v) is 10.7. The van der Waals surface area contributed by atoms with Crippen LogP contribution in [-0.4, -0.2) is 59.1 Å². The van der Waals surface area contributed by atoms with Crippen LogP contribution in [0.1, 0.15) is 58.4 Å². The molecule has 1 saturated carbocycles. The maximum atomic E-state index is 13.0. The number of fused-ring (bicyclic) bond motifs is 1. The summed E-state index contributed by atoms with van der Waals surface area (Å²) in [7, 11) is 0. The van der Waals surface area contributed by atoms with Crippen LogP contribution in [-0.2, 0) is 16.1 Å². The number of imide groups is 2. The SMILES string of the molecule is NCC1CN(Cc2ccc3c(c2)C(=O)N(C2CCC(=O)NC2=O)C3=O)CC12CCC2. The second-order valence-electron chi connectivity index (χ2n) is 9.15. The van der Waals surface area contributed by atoms with Crippen LogP contribution in [0, 0.1) is 11.3 Å². The number of nitrogens with zero attached hydrogens (tertiary/aromatic N) is 2. The lowest BCUT2D eigenvalue weighted by molar-refractivity contribution is -0.136. The number of hydrogen-bond acceptors (Lipinski definition) is 6. The first-order valence-electron chi connectivity index (χ1n) is 10.7. The molecule has 1 spiro atoms. The molecule has 0 aromatic heterocycles. The van der Waals surface area contributed by atoms with Gasteiger partial charge < -0.3 is 5.73 Å². The zero-order valence-corrected chi connectivity index (χ0v) is 16.9. The average Bonchev–Trinajstić information content (AvgIpc) is 3.18. The Morgan fingerprint density at radius 1 is 1.10 bits per heavy atom. The van der Waals surface area contributed by atoms with E-state index in [0.717, 1.165) is 23.6 Å². The Bertz CT molecular complexity index is 954. The average molecular weight is 410 g/mol. The Morgan fingerprint density at radius 2 is 1.87 bits per heavy atom. The van der Waals surface area contributed by atoms with Crippen molar-refractivity contribution in [3.63, 3.8) is 0 Å². The summed E-state index contributed by atoms with van der Waals surface area (Å²) in [6, 6.07) is 4.43. The topological polar surface area (TPSA) is 113 Å². The second kappa shape index (κ2) is 6.99. The normalized spacial score (nSPS) is 28.1. The number of hydrogen-bond donors (Lipinski definition) is 2. The molecule has 5 rings (SSSR count). The number of likely N-dealkylation sites (tertiary alicyclic amines) is 1. The van der Waals surface area contributed by atoms with Gasteiger partial charge in [0.2, 0.25) is 11.8 Å². The lowest BCUT2D eigenvalue weighted by Gasteiger charge is -2.42. The predicted molar refractivity (Wildman–Crippen MR) is 107 cm³/mol. The van der Waals surface area contributed by atoms with Gasteiger partial charge in [-0.3, -0.25) is 34.3 Å². The molecule has 2 saturated heterocycles. The maximum absolute atomic E-state index is 13.0. The van der Waals surface area contributed by atoms with E-state index in [4.69, 9.17) is 5.73 Å². The van der Waals surface area contributed by atoms with Crippen LogP contribution in [0.3, 0.4) is 0 Å². The van der Waals surface area contributed by atoms with Crippen molar-refractivity contribution in [2.45, 2.75) is 44.7 Å². The highest BCUT2D eigenvalue weighted by Crippen LogP contribution is 2.51. The summed E-state index contributed by atoms with van der Waals surface area (Å²) < 4.78 is 0. The van der Waals surface area contributed by atoms with Crippen molar-refractivity contribution >= 4 is 23.6 Å². The zero-order valence-electron chi connectivity index (χ0n) is 16.9. The summed E-state index contributed by atoms with van der Waals surface area (Å²) in [5.74, 6) is -1.36. The van der Waals surface area contributed by atoms with Crippen molar-refractivity contribution in [3.8, 4) is 0 Å². The number of carbonyl (C=O) groups excluding carboxylic acids is 4. The van der Waals surface area contributed by atoms with Crippen LogP contribution >= 0.6 is 0 Å². The third kappa shape index (κ3) is 2.89. The molecule has 1 aliphatic carbocycles. The minimum absolute atomic E-state index is 0.119.